The first kappa shape index (κ1) is 22.4. The molecule has 0 atom stereocenters. The predicted molar refractivity (Wildman–Crippen MR) is 108 cm³/mol. The Hall–Kier alpha value is -2.84. The Bertz CT molecular complexity index is 975. The van der Waals surface area contributed by atoms with Crippen molar-refractivity contribution in [1.29, 1.82) is 0 Å². The summed E-state index contributed by atoms with van der Waals surface area (Å²) in [7, 11) is 0. The van der Waals surface area contributed by atoms with Crippen LogP contribution in [0.4, 0.5) is 0 Å². The van der Waals surface area contributed by atoms with Gasteiger partial charge in [-0.1, -0.05) is 29.3 Å². The lowest BCUT2D eigenvalue weighted by molar-refractivity contribution is -0.144. The molecule has 1 heterocycles. The zero-order valence-electron chi connectivity index (χ0n) is 15.5. The van der Waals surface area contributed by atoms with Gasteiger partial charge in [0, 0.05) is 12.6 Å². The molecule has 1 aromatic heterocycles. The first-order valence-corrected chi connectivity index (χ1v) is 9.45. The van der Waals surface area contributed by atoms with E-state index in [2.05, 4.69) is 10.9 Å². The van der Waals surface area contributed by atoms with E-state index < -0.39 is 23.3 Å². The third kappa shape index (κ3) is 6.62. The van der Waals surface area contributed by atoms with Crippen molar-refractivity contribution < 1.29 is 19.1 Å². The van der Waals surface area contributed by atoms with Crippen molar-refractivity contribution in [2.45, 2.75) is 26.3 Å². The SMILES string of the molecule is CCOC(=O)CCC(=O)NNC(=O)c1cccn(Cc2ccc(Cl)c(Cl)c2)c1=O. The van der Waals surface area contributed by atoms with E-state index in [1.54, 1.807) is 25.1 Å². The highest BCUT2D eigenvalue weighted by atomic mass is 35.5. The summed E-state index contributed by atoms with van der Waals surface area (Å²) in [6, 6.07) is 7.85. The van der Waals surface area contributed by atoms with E-state index in [1.807, 2.05) is 0 Å². The quantitative estimate of drug-likeness (QED) is 0.508. The highest BCUT2D eigenvalue weighted by Crippen LogP contribution is 2.22. The highest BCUT2D eigenvalue weighted by molar-refractivity contribution is 6.42. The Morgan fingerprint density at radius 1 is 1.07 bits per heavy atom. The third-order valence-electron chi connectivity index (χ3n) is 3.78. The van der Waals surface area contributed by atoms with Gasteiger partial charge in [-0.3, -0.25) is 30.0 Å². The molecule has 0 bridgehead atoms. The van der Waals surface area contributed by atoms with Crippen molar-refractivity contribution >= 4 is 41.0 Å². The number of nitrogens with zero attached hydrogens (tertiary/aromatic N) is 1. The van der Waals surface area contributed by atoms with Crippen LogP contribution in [-0.4, -0.2) is 29.0 Å². The number of hydrazine groups is 1. The summed E-state index contributed by atoms with van der Waals surface area (Å²) in [4.78, 5) is 47.7. The molecule has 1 aromatic carbocycles. The molecule has 2 aromatic rings. The summed E-state index contributed by atoms with van der Waals surface area (Å²) >= 11 is 11.9. The number of pyridine rings is 1. The Balaban J connectivity index is 1.99. The zero-order chi connectivity index (χ0) is 21.4. The summed E-state index contributed by atoms with van der Waals surface area (Å²) in [5, 5.41) is 0.756. The normalized spacial score (nSPS) is 10.3. The molecule has 2 N–H and O–H groups in total. The Morgan fingerprint density at radius 3 is 2.52 bits per heavy atom. The van der Waals surface area contributed by atoms with Gasteiger partial charge in [0.05, 0.1) is 29.6 Å². The van der Waals surface area contributed by atoms with E-state index in [9.17, 15) is 19.2 Å². The fourth-order valence-corrected chi connectivity index (χ4v) is 2.69. The lowest BCUT2D eigenvalue weighted by atomic mass is 10.2. The van der Waals surface area contributed by atoms with Crippen molar-refractivity contribution in [2.75, 3.05) is 6.61 Å². The topological polar surface area (TPSA) is 106 Å². The maximum atomic E-state index is 12.6. The zero-order valence-corrected chi connectivity index (χ0v) is 17.0. The molecule has 0 spiro atoms. The fourth-order valence-electron chi connectivity index (χ4n) is 2.37. The first-order chi connectivity index (χ1) is 13.8. The number of rotatable bonds is 7. The van der Waals surface area contributed by atoms with Gasteiger partial charge in [0.2, 0.25) is 5.91 Å². The van der Waals surface area contributed by atoms with E-state index >= 15 is 0 Å². The number of carbonyl (C=O) groups excluding carboxylic acids is 3. The van der Waals surface area contributed by atoms with Crippen LogP contribution >= 0.6 is 23.2 Å². The minimum absolute atomic E-state index is 0.114. The Morgan fingerprint density at radius 2 is 1.83 bits per heavy atom. The number of esters is 1. The molecule has 0 aliphatic carbocycles. The number of amides is 2. The second kappa shape index (κ2) is 10.6. The molecular formula is C19H19Cl2N3O5. The second-order valence-electron chi connectivity index (χ2n) is 5.91. The van der Waals surface area contributed by atoms with Crippen molar-refractivity contribution in [1.82, 2.24) is 15.4 Å². The average Bonchev–Trinajstić information content (AvgIpc) is 2.69. The van der Waals surface area contributed by atoms with Gasteiger partial charge < -0.3 is 9.30 Å². The van der Waals surface area contributed by atoms with Crippen LogP contribution in [0.5, 0.6) is 0 Å². The number of hydrogen-bond acceptors (Lipinski definition) is 5. The molecule has 0 aliphatic rings. The molecule has 8 nitrogen and oxygen atoms in total. The van der Waals surface area contributed by atoms with Gasteiger partial charge in [-0.05, 0) is 36.8 Å². The first-order valence-electron chi connectivity index (χ1n) is 8.70. The number of carbonyl (C=O) groups is 3. The van der Waals surface area contributed by atoms with Gasteiger partial charge in [0.25, 0.3) is 11.5 Å². The van der Waals surface area contributed by atoms with Crippen LogP contribution in [0.1, 0.15) is 35.7 Å². The summed E-state index contributed by atoms with van der Waals surface area (Å²) in [6.45, 7) is 2.06. The van der Waals surface area contributed by atoms with Crippen LogP contribution < -0.4 is 16.4 Å². The van der Waals surface area contributed by atoms with E-state index in [4.69, 9.17) is 27.9 Å². The number of benzene rings is 1. The molecule has 0 saturated carbocycles. The number of aromatic nitrogens is 1. The lowest BCUT2D eigenvalue weighted by Crippen LogP contribution is -2.44. The maximum Gasteiger partial charge on any atom is 0.306 e. The molecular weight excluding hydrogens is 421 g/mol. The smallest absolute Gasteiger partial charge is 0.306 e. The van der Waals surface area contributed by atoms with Crippen molar-refractivity contribution in [3.8, 4) is 0 Å². The fraction of sp³-hybridized carbons (Fsp3) is 0.263. The van der Waals surface area contributed by atoms with Crippen molar-refractivity contribution in [3.05, 3.63) is 68.1 Å². The number of ether oxygens (including phenoxy) is 1. The molecule has 0 aliphatic heterocycles. The van der Waals surface area contributed by atoms with E-state index in [1.165, 1.54) is 22.9 Å². The van der Waals surface area contributed by atoms with Gasteiger partial charge in [-0.15, -0.1) is 0 Å². The standard InChI is InChI=1S/C19H19Cl2N3O5/c1-2-29-17(26)8-7-16(25)22-23-18(27)13-4-3-9-24(19(13)28)11-12-5-6-14(20)15(21)10-12/h3-6,9-10H,2,7-8,11H2,1H3,(H,22,25)(H,23,27). The average molecular weight is 440 g/mol. The van der Waals surface area contributed by atoms with Gasteiger partial charge in [0.15, 0.2) is 0 Å². The molecule has 154 valence electrons. The van der Waals surface area contributed by atoms with Crippen LogP contribution in [0.15, 0.2) is 41.3 Å². The maximum absolute atomic E-state index is 12.6. The summed E-state index contributed by atoms with van der Waals surface area (Å²) in [6.07, 6.45) is 1.26. The van der Waals surface area contributed by atoms with Gasteiger partial charge in [-0.25, -0.2) is 0 Å². The largest absolute Gasteiger partial charge is 0.466 e. The van der Waals surface area contributed by atoms with Crippen molar-refractivity contribution in [3.63, 3.8) is 0 Å². The lowest BCUT2D eigenvalue weighted by Gasteiger charge is -2.10. The molecule has 0 unspecified atom stereocenters. The van der Waals surface area contributed by atoms with Crippen molar-refractivity contribution in [2.24, 2.45) is 0 Å². The molecule has 0 radical (unpaired) electrons. The molecule has 2 rings (SSSR count). The molecule has 29 heavy (non-hydrogen) atoms. The summed E-state index contributed by atoms with van der Waals surface area (Å²) in [5.74, 6) is -1.87. The van der Waals surface area contributed by atoms with Crippen LogP contribution in [0.25, 0.3) is 0 Å². The number of halogens is 2. The number of hydrogen-bond donors (Lipinski definition) is 2. The van der Waals surface area contributed by atoms with Crippen LogP contribution in [-0.2, 0) is 20.9 Å². The minimum Gasteiger partial charge on any atom is -0.466 e. The van der Waals surface area contributed by atoms with Crippen LogP contribution in [0.2, 0.25) is 10.0 Å². The summed E-state index contributed by atoms with van der Waals surface area (Å²) < 4.78 is 6.04. The molecule has 2 amide bonds. The van der Waals surface area contributed by atoms with Crippen LogP contribution in [0, 0.1) is 0 Å². The number of nitrogens with one attached hydrogen (secondary N) is 2. The second-order valence-corrected chi connectivity index (χ2v) is 6.73. The van der Waals surface area contributed by atoms with Gasteiger partial charge in [-0.2, -0.15) is 0 Å². The summed E-state index contributed by atoms with van der Waals surface area (Å²) in [5.41, 5.74) is 4.35. The molecule has 0 fully saturated rings. The molecule has 10 heteroatoms. The molecule has 0 saturated heterocycles. The third-order valence-corrected chi connectivity index (χ3v) is 4.52. The van der Waals surface area contributed by atoms with Gasteiger partial charge in [0.1, 0.15) is 5.56 Å². The Labute approximate surface area is 176 Å². The Kier molecular flexibility index (Phi) is 8.23. The van der Waals surface area contributed by atoms with Gasteiger partial charge >= 0.3 is 5.97 Å². The van der Waals surface area contributed by atoms with E-state index in [0.717, 1.165) is 5.56 Å². The highest BCUT2D eigenvalue weighted by Gasteiger charge is 2.14. The van der Waals surface area contributed by atoms with Crippen LogP contribution in [0.3, 0.4) is 0 Å². The minimum atomic E-state index is -0.775. The predicted octanol–water partition coefficient (Wildman–Crippen LogP) is 2.31. The monoisotopic (exact) mass is 439 g/mol. The van der Waals surface area contributed by atoms with E-state index in [-0.39, 0.29) is 31.6 Å². The van der Waals surface area contributed by atoms with E-state index in [0.29, 0.717) is 10.0 Å².